The first kappa shape index (κ1) is 19.0. The first-order valence-corrected chi connectivity index (χ1v) is 11.5. The Morgan fingerprint density at radius 3 is 2.81 bits per heavy atom. The molecule has 0 saturated carbocycles. The molecule has 1 aromatic carbocycles. The van der Waals surface area contributed by atoms with Gasteiger partial charge in [0.1, 0.15) is 28.5 Å². The van der Waals surface area contributed by atoms with Gasteiger partial charge in [-0.2, -0.15) is 0 Å². The van der Waals surface area contributed by atoms with E-state index < -0.39 is 0 Å². The predicted molar refractivity (Wildman–Crippen MR) is 125 cm³/mol. The number of imidazole rings is 1. The zero-order chi connectivity index (χ0) is 21.7. The fourth-order valence-electron chi connectivity index (χ4n) is 4.58. The fraction of sp³-hybridized carbons (Fsp3) is 0.217. The van der Waals surface area contributed by atoms with Gasteiger partial charge < -0.3 is 15.6 Å². The second-order valence-corrected chi connectivity index (χ2v) is 8.78. The number of carbonyl (C=O) groups excluding carboxylic acids is 1. The average molecular weight is 444 g/mol. The average Bonchev–Trinajstić information content (AvgIpc) is 3.57. The first-order chi connectivity index (χ1) is 15.7. The van der Waals surface area contributed by atoms with Gasteiger partial charge in [-0.3, -0.25) is 9.20 Å². The van der Waals surface area contributed by atoms with Gasteiger partial charge in [-0.05, 0) is 25.0 Å². The van der Waals surface area contributed by atoms with Crippen molar-refractivity contribution in [1.82, 2.24) is 29.2 Å². The molecule has 1 amide bonds. The number of nitrogens with one attached hydrogen (secondary N) is 1. The second kappa shape index (κ2) is 7.45. The number of hydrogen-bond acceptors (Lipinski definition) is 6. The lowest BCUT2D eigenvalue weighted by molar-refractivity contribution is 0.0706. The van der Waals surface area contributed by atoms with Crippen LogP contribution in [-0.2, 0) is 0 Å². The number of piperidine rings is 1. The largest absolute Gasteiger partial charge is 0.382 e. The van der Waals surface area contributed by atoms with Crippen molar-refractivity contribution in [1.29, 1.82) is 0 Å². The quantitative estimate of drug-likeness (QED) is 0.439. The smallest absolute Gasteiger partial charge is 0.273 e. The van der Waals surface area contributed by atoms with E-state index in [0.717, 1.165) is 46.5 Å². The van der Waals surface area contributed by atoms with Gasteiger partial charge in [0.25, 0.3) is 5.91 Å². The Bertz CT molecular complexity index is 1390. The number of nitrogen functional groups attached to an aromatic ring is 1. The number of rotatable bonds is 3. The van der Waals surface area contributed by atoms with Gasteiger partial charge in [0.05, 0.1) is 11.2 Å². The van der Waals surface area contributed by atoms with E-state index in [1.165, 1.54) is 11.3 Å². The van der Waals surface area contributed by atoms with Crippen molar-refractivity contribution < 1.29 is 4.79 Å². The van der Waals surface area contributed by atoms with Crippen molar-refractivity contribution in [3.63, 3.8) is 0 Å². The Balaban J connectivity index is 1.35. The van der Waals surface area contributed by atoms with Gasteiger partial charge >= 0.3 is 0 Å². The van der Waals surface area contributed by atoms with Crippen LogP contribution in [0.5, 0.6) is 0 Å². The van der Waals surface area contributed by atoms with Gasteiger partial charge in [-0.25, -0.2) is 15.0 Å². The maximum Gasteiger partial charge on any atom is 0.273 e. The lowest BCUT2D eigenvalue weighted by atomic mass is 9.96. The molecule has 0 atom stereocenters. The number of nitrogens with zero attached hydrogens (tertiary/aromatic N) is 5. The van der Waals surface area contributed by atoms with E-state index in [1.807, 2.05) is 23.2 Å². The number of aromatic amines is 1. The summed E-state index contributed by atoms with van der Waals surface area (Å²) in [6, 6.07) is 10.3. The van der Waals surface area contributed by atoms with Crippen molar-refractivity contribution in [3.05, 3.63) is 65.1 Å². The molecule has 0 aliphatic carbocycles. The molecule has 1 aliphatic heterocycles. The second-order valence-electron chi connectivity index (χ2n) is 8.06. The molecule has 3 N–H and O–H groups in total. The van der Waals surface area contributed by atoms with Gasteiger partial charge in [0.15, 0.2) is 0 Å². The summed E-state index contributed by atoms with van der Waals surface area (Å²) in [5.41, 5.74) is 12.1. The summed E-state index contributed by atoms with van der Waals surface area (Å²) in [5.74, 6) is 1.64. The van der Waals surface area contributed by atoms with Crippen LogP contribution in [0, 0.1) is 0 Å². The number of carbonyl (C=O) groups is 1. The highest BCUT2D eigenvalue weighted by Gasteiger charge is 2.29. The number of anilines is 1. The Labute approximate surface area is 187 Å². The minimum atomic E-state index is 0.00452. The zero-order valence-electron chi connectivity index (χ0n) is 17.2. The Morgan fingerprint density at radius 1 is 1.19 bits per heavy atom. The Kier molecular flexibility index (Phi) is 4.43. The van der Waals surface area contributed by atoms with Crippen LogP contribution in [0.3, 0.4) is 0 Å². The molecule has 1 fully saturated rings. The van der Waals surface area contributed by atoms with Gasteiger partial charge in [-0.15, -0.1) is 11.3 Å². The van der Waals surface area contributed by atoms with Crippen LogP contribution >= 0.6 is 11.3 Å². The summed E-state index contributed by atoms with van der Waals surface area (Å²) >= 11 is 1.44. The molecule has 4 aromatic heterocycles. The number of hydrogen-bond donors (Lipinski definition) is 2. The van der Waals surface area contributed by atoms with E-state index in [0.29, 0.717) is 24.6 Å². The number of para-hydroxylation sites is 1. The van der Waals surface area contributed by atoms with Crippen molar-refractivity contribution >= 4 is 39.5 Å². The van der Waals surface area contributed by atoms with Crippen molar-refractivity contribution in [3.8, 4) is 11.4 Å². The summed E-state index contributed by atoms with van der Waals surface area (Å²) < 4.78 is 2.06. The van der Waals surface area contributed by atoms with Crippen LogP contribution in [0.1, 0.15) is 35.1 Å². The lowest BCUT2D eigenvalue weighted by Crippen LogP contribution is -2.38. The van der Waals surface area contributed by atoms with Crippen LogP contribution in [0.2, 0.25) is 0 Å². The number of amides is 1. The number of fused-ring (bicyclic) bond motifs is 2. The van der Waals surface area contributed by atoms with Gasteiger partial charge in [0.2, 0.25) is 0 Å². The highest BCUT2D eigenvalue weighted by atomic mass is 32.1. The van der Waals surface area contributed by atoms with Crippen LogP contribution in [-0.4, -0.2) is 48.2 Å². The number of nitrogens with two attached hydrogens (primary N) is 1. The molecule has 0 unspecified atom stereocenters. The normalized spacial score (nSPS) is 15.1. The van der Waals surface area contributed by atoms with Crippen LogP contribution in [0.4, 0.5) is 5.82 Å². The molecule has 5 heterocycles. The predicted octanol–water partition coefficient (Wildman–Crippen LogP) is 3.94. The maximum absolute atomic E-state index is 12.7. The number of likely N-dealkylation sites (tertiary alicyclic amines) is 1. The van der Waals surface area contributed by atoms with Crippen LogP contribution in [0.15, 0.2) is 53.6 Å². The molecule has 5 aromatic rings. The summed E-state index contributed by atoms with van der Waals surface area (Å²) in [5, 5.41) is 2.93. The molecule has 8 nitrogen and oxygen atoms in total. The highest BCUT2D eigenvalue weighted by Crippen LogP contribution is 2.35. The maximum atomic E-state index is 12.7. The topological polar surface area (TPSA) is 105 Å². The fourth-order valence-corrected chi connectivity index (χ4v) is 5.11. The summed E-state index contributed by atoms with van der Waals surface area (Å²) in [4.78, 5) is 31.5. The SMILES string of the molecule is Nc1nccn2c(C3CCN(C(=O)c4cscn4)CC3)nc(-c3cc4ccccc4[nH]3)c12. The molecule has 1 saturated heterocycles. The van der Waals surface area contributed by atoms with Crippen LogP contribution < -0.4 is 5.73 Å². The zero-order valence-corrected chi connectivity index (χ0v) is 18.0. The van der Waals surface area contributed by atoms with E-state index in [1.54, 1.807) is 17.1 Å². The summed E-state index contributed by atoms with van der Waals surface area (Å²) in [6.07, 6.45) is 5.31. The Hall–Kier alpha value is -3.72. The molecule has 1 aliphatic rings. The summed E-state index contributed by atoms with van der Waals surface area (Å²) in [7, 11) is 0. The van der Waals surface area contributed by atoms with E-state index in [2.05, 4.69) is 37.6 Å². The standard InChI is InChI=1S/C23H21N7OS/c24-21-20-19(17-11-15-3-1-2-4-16(15)27-17)28-22(30(20)10-7-25-21)14-5-8-29(9-6-14)23(31)18-12-32-13-26-18/h1-4,7,10-14,27H,5-6,8-9H2,(H2,24,25). The number of thiazole rings is 1. The minimum absolute atomic E-state index is 0.00452. The third-order valence-electron chi connectivity index (χ3n) is 6.19. The van der Waals surface area contributed by atoms with Gasteiger partial charge in [0, 0.05) is 47.7 Å². The van der Waals surface area contributed by atoms with E-state index in [4.69, 9.17) is 10.7 Å². The van der Waals surface area contributed by atoms with E-state index in [9.17, 15) is 4.79 Å². The number of H-pyrrole nitrogens is 1. The Morgan fingerprint density at radius 2 is 2.03 bits per heavy atom. The van der Waals surface area contributed by atoms with Crippen LogP contribution in [0.25, 0.3) is 27.8 Å². The molecule has 32 heavy (non-hydrogen) atoms. The summed E-state index contributed by atoms with van der Waals surface area (Å²) in [6.45, 7) is 1.36. The monoisotopic (exact) mass is 443 g/mol. The molecular weight excluding hydrogens is 422 g/mol. The number of benzene rings is 1. The minimum Gasteiger partial charge on any atom is -0.382 e. The molecule has 0 bridgehead atoms. The third kappa shape index (κ3) is 3.04. The molecule has 0 radical (unpaired) electrons. The van der Waals surface area contributed by atoms with E-state index >= 15 is 0 Å². The van der Waals surface area contributed by atoms with E-state index in [-0.39, 0.29) is 11.8 Å². The first-order valence-electron chi connectivity index (χ1n) is 10.6. The van der Waals surface area contributed by atoms with Crippen molar-refractivity contribution in [2.45, 2.75) is 18.8 Å². The van der Waals surface area contributed by atoms with Crippen molar-refractivity contribution in [2.24, 2.45) is 0 Å². The molecular formula is C23H21N7OS. The van der Waals surface area contributed by atoms with Gasteiger partial charge in [-0.1, -0.05) is 18.2 Å². The van der Waals surface area contributed by atoms with Crippen molar-refractivity contribution in [2.75, 3.05) is 18.8 Å². The highest BCUT2D eigenvalue weighted by molar-refractivity contribution is 7.07. The third-order valence-corrected chi connectivity index (χ3v) is 6.78. The molecule has 9 heteroatoms. The molecule has 6 rings (SSSR count). The molecule has 0 spiro atoms. The lowest BCUT2D eigenvalue weighted by Gasteiger charge is -2.31. The molecule has 160 valence electrons. The number of aromatic nitrogens is 5.